The van der Waals surface area contributed by atoms with Crippen molar-refractivity contribution in [3.05, 3.63) is 41.4 Å². The Morgan fingerprint density at radius 2 is 1.70 bits per heavy atom. The first kappa shape index (κ1) is 17.1. The van der Waals surface area contributed by atoms with Crippen LogP contribution in [0.3, 0.4) is 0 Å². The van der Waals surface area contributed by atoms with Gasteiger partial charge in [-0.1, -0.05) is 24.3 Å². The highest BCUT2D eigenvalue weighted by Crippen LogP contribution is 2.35. The average Bonchev–Trinajstić information content (AvgIpc) is 3.24. The van der Waals surface area contributed by atoms with Crippen LogP contribution >= 0.6 is 11.3 Å². The molecule has 0 spiro atoms. The number of carbonyl (C=O) groups excluding carboxylic acids is 2. The summed E-state index contributed by atoms with van der Waals surface area (Å²) in [5, 5.41) is 1.24. The number of benzene rings is 1. The van der Waals surface area contributed by atoms with Crippen LogP contribution < -0.4 is 4.90 Å². The number of piperidine rings is 1. The number of aromatic nitrogens is 1. The maximum atomic E-state index is 12.7. The van der Waals surface area contributed by atoms with E-state index in [0.29, 0.717) is 12.6 Å². The molecule has 1 aromatic carbocycles. The van der Waals surface area contributed by atoms with E-state index in [-0.39, 0.29) is 23.7 Å². The summed E-state index contributed by atoms with van der Waals surface area (Å²) in [6.45, 7) is 2.52. The van der Waals surface area contributed by atoms with Crippen molar-refractivity contribution in [2.45, 2.75) is 31.6 Å². The smallest absolute Gasteiger partial charge is 0.237 e. The zero-order chi connectivity index (χ0) is 18.4. The van der Waals surface area contributed by atoms with Gasteiger partial charge in [0, 0.05) is 18.8 Å². The molecule has 1 N–H and O–H groups in total. The quantitative estimate of drug-likeness (QED) is 0.652. The van der Waals surface area contributed by atoms with Gasteiger partial charge in [-0.15, -0.1) is 11.3 Å². The van der Waals surface area contributed by atoms with Crippen LogP contribution in [-0.4, -0.2) is 41.5 Å². The monoisotopic (exact) mass is 382 g/mol. The SMILES string of the molecule is O=C1[C@H]2CC=CC[C@H]2C(=O)N1C[NH+]1CCC(c2nc3ccccc3s2)CC1. The van der Waals surface area contributed by atoms with Crippen LogP contribution in [0.25, 0.3) is 10.2 Å². The number of quaternary nitrogens is 1. The third-order valence-electron chi connectivity index (χ3n) is 6.33. The molecule has 0 saturated carbocycles. The molecule has 3 aliphatic rings. The molecular weight excluding hydrogens is 358 g/mol. The predicted molar refractivity (Wildman–Crippen MR) is 104 cm³/mol. The van der Waals surface area contributed by atoms with Crippen LogP contribution in [0.1, 0.15) is 36.6 Å². The second-order valence-electron chi connectivity index (χ2n) is 7.96. The largest absolute Gasteiger partial charge is 0.317 e. The zero-order valence-electron chi connectivity index (χ0n) is 15.3. The minimum Gasteiger partial charge on any atom is -0.317 e. The highest BCUT2D eigenvalue weighted by molar-refractivity contribution is 7.18. The number of likely N-dealkylation sites (tertiary alicyclic amines) is 2. The van der Waals surface area contributed by atoms with E-state index in [0.717, 1.165) is 44.3 Å². The molecule has 1 aliphatic carbocycles. The van der Waals surface area contributed by atoms with Crippen molar-refractivity contribution in [1.29, 1.82) is 0 Å². The molecule has 1 aromatic heterocycles. The van der Waals surface area contributed by atoms with Crippen molar-refractivity contribution in [2.24, 2.45) is 11.8 Å². The molecule has 2 atom stereocenters. The van der Waals surface area contributed by atoms with E-state index in [1.165, 1.54) is 14.6 Å². The van der Waals surface area contributed by atoms with E-state index >= 15 is 0 Å². The molecule has 6 heteroatoms. The van der Waals surface area contributed by atoms with Crippen molar-refractivity contribution in [2.75, 3.05) is 19.8 Å². The summed E-state index contributed by atoms with van der Waals surface area (Å²) >= 11 is 1.81. The Morgan fingerprint density at radius 1 is 1.04 bits per heavy atom. The Balaban J connectivity index is 1.22. The number of carbonyl (C=O) groups is 2. The number of thiazole rings is 1. The van der Waals surface area contributed by atoms with Crippen LogP contribution in [0.4, 0.5) is 0 Å². The van der Waals surface area contributed by atoms with Crippen molar-refractivity contribution < 1.29 is 14.5 Å². The summed E-state index contributed by atoms with van der Waals surface area (Å²) in [4.78, 5) is 33.0. The van der Waals surface area contributed by atoms with Gasteiger partial charge in [-0.2, -0.15) is 0 Å². The molecule has 5 rings (SSSR count). The number of hydrogen-bond acceptors (Lipinski definition) is 4. The molecule has 140 valence electrons. The molecule has 2 amide bonds. The maximum absolute atomic E-state index is 12.7. The molecule has 2 aliphatic heterocycles. The van der Waals surface area contributed by atoms with Gasteiger partial charge in [0.15, 0.2) is 6.67 Å². The van der Waals surface area contributed by atoms with E-state index in [2.05, 4.69) is 18.2 Å². The molecular formula is C21H24N3O2S+. The van der Waals surface area contributed by atoms with E-state index < -0.39 is 0 Å². The zero-order valence-corrected chi connectivity index (χ0v) is 16.1. The summed E-state index contributed by atoms with van der Waals surface area (Å²) in [5.41, 5.74) is 1.09. The van der Waals surface area contributed by atoms with E-state index in [4.69, 9.17) is 4.98 Å². The molecule has 3 heterocycles. The first-order valence-electron chi connectivity index (χ1n) is 9.90. The number of nitrogens with zero attached hydrogens (tertiary/aromatic N) is 2. The molecule has 2 aromatic rings. The van der Waals surface area contributed by atoms with Gasteiger partial charge in [0.05, 0.1) is 40.1 Å². The number of para-hydroxylation sites is 1. The molecule has 0 bridgehead atoms. The lowest BCUT2D eigenvalue weighted by Crippen LogP contribution is -3.14. The minimum atomic E-state index is -0.109. The topological polar surface area (TPSA) is 54.7 Å². The Kier molecular flexibility index (Phi) is 4.32. The van der Waals surface area contributed by atoms with Gasteiger partial charge in [-0.25, -0.2) is 9.88 Å². The first-order valence-corrected chi connectivity index (χ1v) is 10.7. The highest BCUT2D eigenvalue weighted by Gasteiger charge is 2.48. The molecule has 5 nitrogen and oxygen atoms in total. The Morgan fingerprint density at radius 3 is 2.37 bits per heavy atom. The van der Waals surface area contributed by atoms with Crippen LogP contribution in [0.2, 0.25) is 0 Å². The first-order chi connectivity index (χ1) is 13.2. The number of imide groups is 1. The standard InChI is InChI=1S/C21H23N3O2S/c25-20-15-5-1-2-6-16(15)21(26)24(20)13-23-11-9-14(10-12-23)19-22-17-7-3-4-8-18(17)27-19/h1-4,7-8,14-16H,5-6,9-13H2/p+1/t15-,16+. The minimum absolute atomic E-state index is 0.0511. The van der Waals surface area contributed by atoms with E-state index in [9.17, 15) is 9.59 Å². The van der Waals surface area contributed by atoms with E-state index in [1.807, 2.05) is 18.2 Å². The maximum Gasteiger partial charge on any atom is 0.237 e. The van der Waals surface area contributed by atoms with Gasteiger partial charge < -0.3 is 4.90 Å². The molecule has 0 unspecified atom stereocenters. The Bertz CT molecular complexity index is 854. The number of fused-ring (bicyclic) bond motifs is 2. The summed E-state index contributed by atoms with van der Waals surface area (Å²) in [5.74, 6) is 0.387. The highest BCUT2D eigenvalue weighted by atomic mass is 32.1. The Hall–Kier alpha value is -2.05. The van der Waals surface area contributed by atoms with E-state index in [1.54, 1.807) is 16.2 Å². The van der Waals surface area contributed by atoms with Crippen LogP contribution in [-0.2, 0) is 9.59 Å². The fourth-order valence-corrected chi connectivity index (χ4v) is 5.88. The predicted octanol–water partition coefficient (Wildman–Crippen LogP) is 1.97. The molecule has 2 fully saturated rings. The van der Waals surface area contributed by atoms with Crippen LogP contribution in [0.5, 0.6) is 0 Å². The number of amides is 2. The van der Waals surface area contributed by atoms with Gasteiger partial charge in [0.25, 0.3) is 0 Å². The third-order valence-corrected chi connectivity index (χ3v) is 7.53. The van der Waals surface area contributed by atoms with Crippen molar-refractivity contribution in [3.8, 4) is 0 Å². The van der Waals surface area contributed by atoms with Gasteiger partial charge in [0.2, 0.25) is 11.8 Å². The van der Waals surface area contributed by atoms with Gasteiger partial charge in [-0.05, 0) is 25.0 Å². The summed E-state index contributed by atoms with van der Waals surface area (Å²) < 4.78 is 1.26. The summed E-state index contributed by atoms with van der Waals surface area (Å²) in [6.07, 6.45) is 7.68. The number of rotatable bonds is 3. The van der Waals surface area contributed by atoms with Crippen LogP contribution in [0, 0.1) is 11.8 Å². The van der Waals surface area contributed by atoms with Crippen molar-refractivity contribution in [1.82, 2.24) is 9.88 Å². The average molecular weight is 383 g/mol. The Labute approximate surface area is 162 Å². The van der Waals surface area contributed by atoms with Crippen molar-refractivity contribution >= 4 is 33.4 Å². The lowest BCUT2D eigenvalue weighted by Gasteiger charge is -2.30. The summed E-state index contributed by atoms with van der Waals surface area (Å²) in [7, 11) is 0. The second-order valence-corrected chi connectivity index (χ2v) is 9.02. The molecule has 2 saturated heterocycles. The van der Waals surface area contributed by atoms with Gasteiger partial charge in [-0.3, -0.25) is 9.59 Å². The van der Waals surface area contributed by atoms with Gasteiger partial charge in [0.1, 0.15) is 0 Å². The molecule has 27 heavy (non-hydrogen) atoms. The molecule has 0 radical (unpaired) electrons. The number of allylic oxidation sites excluding steroid dienone is 2. The lowest BCUT2D eigenvalue weighted by atomic mass is 9.85. The number of hydrogen-bond donors (Lipinski definition) is 1. The normalized spacial score (nSPS) is 30.9. The second kappa shape index (κ2) is 6.84. The summed E-state index contributed by atoms with van der Waals surface area (Å²) in [6, 6.07) is 8.31. The lowest BCUT2D eigenvalue weighted by molar-refractivity contribution is -0.912. The third kappa shape index (κ3) is 3.01. The van der Waals surface area contributed by atoms with Gasteiger partial charge >= 0.3 is 0 Å². The van der Waals surface area contributed by atoms with Crippen molar-refractivity contribution in [3.63, 3.8) is 0 Å². The fourth-order valence-electron chi connectivity index (χ4n) is 4.74. The number of nitrogens with one attached hydrogen (secondary N) is 1. The van der Waals surface area contributed by atoms with Crippen LogP contribution in [0.15, 0.2) is 36.4 Å². The fraction of sp³-hybridized carbons (Fsp3) is 0.476.